The molecular weight excluding hydrogens is 276 g/mol. The van der Waals surface area contributed by atoms with Gasteiger partial charge in [-0.2, -0.15) is 0 Å². The van der Waals surface area contributed by atoms with Crippen LogP contribution >= 0.6 is 0 Å². The average molecular weight is 292 g/mol. The van der Waals surface area contributed by atoms with Crippen molar-refractivity contribution in [1.82, 2.24) is 0 Å². The molecule has 0 bridgehead atoms. The molecular formula is C19H16O3. The molecule has 0 spiro atoms. The van der Waals surface area contributed by atoms with Crippen LogP contribution < -0.4 is 0 Å². The van der Waals surface area contributed by atoms with Crippen molar-refractivity contribution in [2.24, 2.45) is 0 Å². The van der Waals surface area contributed by atoms with Gasteiger partial charge in [-0.15, -0.1) is 0 Å². The van der Waals surface area contributed by atoms with Crippen LogP contribution in [0.3, 0.4) is 0 Å². The van der Waals surface area contributed by atoms with Crippen molar-refractivity contribution in [3.05, 3.63) is 89.7 Å². The molecule has 0 aromatic heterocycles. The highest BCUT2D eigenvalue weighted by atomic mass is 16.5. The lowest BCUT2D eigenvalue weighted by atomic mass is 10.1. The predicted molar refractivity (Wildman–Crippen MR) is 86.1 cm³/mol. The zero-order valence-electron chi connectivity index (χ0n) is 12.3. The van der Waals surface area contributed by atoms with Gasteiger partial charge in [-0.25, -0.2) is 4.79 Å². The quantitative estimate of drug-likeness (QED) is 0.362. The zero-order valence-corrected chi connectivity index (χ0v) is 12.3. The Labute approximate surface area is 129 Å². The minimum absolute atomic E-state index is 0.0228. The molecule has 0 radical (unpaired) electrons. The summed E-state index contributed by atoms with van der Waals surface area (Å²) in [5, 5.41) is 0. The van der Waals surface area contributed by atoms with Crippen LogP contribution in [0.2, 0.25) is 0 Å². The van der Waals surface area contributed by atoms with Crippen LogP contribution in [0.1, 0.15) is 22.8 Å². The summed E-state index contributed by atoms with van der Waals surface area (Å²) in [5.74, 6) is -0.990. The van der Waals surface area contributed by atoms with E-state index in [0.717, 1.165) is 5.56 Å². The summed E-state index contributed by atoms with van der Waals surface area (Å²) in [4.78, 5) is 24.3. The van der Waals surface area contributed by atoms with E-state index in [4.69, 9.17) is 4.74 Å². The first kappa shape index (κ1) is 15.4. The molecule has 2 aromatic carbocycles. The SMILES string of the molecule is C=C(C)C(=O)OC(=Cc1ccccc1)C(=O)c1ccccc1. The highest BCUT2D eigenvalue weighted by molar-refractivity contribution is 6.11. The molecule has 0 heterocycles. The standard InChI is InChI=1S/C19H16O3/c1-14(2)19(21)22-17(13-15-9-5-3-6-10-15)18(20)16-11-7-4-8-12-16/h3-13H,1H2,2H3. The number of hydrogen-bond donors (Lipinski definition) is 0. The largest absolute Gasteiger partial charge is 0.419 e. The second-order valence-corrected chi connectivity index (χ2v) is 4.78. The van der Waals surface area contributed by atoms with E-state index in [1.807, 2.05) is 36.4 Å². The van der Waals surface area contributed by atoms with Crippen LogP contribution in [0, 0.1) is 0 Å². The third-order valence-corrected chi connectivity index (χ3v) is 2.91. The lowest BCUT2D eigenvalue weighted by Gasteiger charge is -2.08. The van der Waals surface area contributed by atoms with E-state index in [1.54, 1.807) is 30.3 Å². The van der Waals surface area contributed by atoms with Crippen molar-refractivity contribution >= 4 is 17.8 Å². The summed E-state index contributed by atoms with van der Waals surface area (Å²) in [6.07, 6.45) is 1.55. The van der Waals surface area contributed by atoms with E-state index in [0.29, 0.717) is 5.56 Å². The van der Waals surface area contributed by atoms with Crippen molar-refractivity contribution in [3.8, 4) is 0 Å². The fourth-order valence-corrected chi connectivity index (χ4v) is 1.76. The van der Waals surface area contributed by atoms with Gasteiger partial charge < -0.3 is 4.74 Å². The van der Waals surface area contributed by atoms with Gasteiger partial charge in [-0.1, -0.05) is 67.2 Å². The Bertz CT molecular complexity index is 713. The second-order valence-electron chi connectivity index (χ2n) is 4.78. The Morgan fingerprint density at radius 3 is 2.05 bits per heavy atom. The summed E-state index contributed by atoms with van der Waals surface area (Å²) in [6.45, 7) is 5.07. The zero-order chi connectivity index (χ0) is 15.9. The number of allylic oxidation sites excluding steroid dienone is 1. The predicted octanol–water partition coefficient (Wildman–Crippen LogP) is 4.03. The van der Waals surface area contributed by atoms with Crippen LogP contribution in [0.4, 0.5) is 0 Å². The number of benzene rings is 2. The molecule has 0 unspecified atom stereocenters. The Morgan fingerprint density at radius 1 is 0.955 bits per heavy atom. The minimum Gasteiger partial charge on any atom is -0.419 e. The molecule has 0 saturated carbocycles. The molecule has 2 aromatic rings. The first-order valence-corrected chi connectivity index (χ1v) is 6.82. The van der Waals surface area contributed by atoms with Gasteiger partial charge in [0.25, 0.3) is 0 Å². The van der Waals surface area contributed by atoms with E-state index in [9.17, 15) is 9.59 Å². The molecule has 0 aliphatic rings. The molecule has 110 valence electrons. The number of hydrogen-bond acceptors (Lipinski definition) is 3. The number of Topliss-reactive ketones (excluding diaryl/α,β-unsaturated/α-hetero) is 1. The lowest BCUT2D eigenvalue weighted by Crippen LogP contribution is -2.12. The fraction of sp³-hybridized carbons (Fsp3) is 0.0526. The summed E-state index contributed by atoms with van der Waals surface area (Å²) in [6, 6.07) is 17.9. The minimum atomic E-state index is -0.619. The van der Waals surface area contributed by atoms with E-state index in [1.165, 1.54) is 6.92 Å². The van der Waals surface area contributed by atoms with E-state index < -0.39 is 5.97 Å². The van der Waals surface area contributed by atoms with E-state index >= 15 is 0 Å². The number of carbonyl (C=O) groups is 2. The number of ketones is 1. The summed E-state index contributed by atoms with van der Waals surface area (Å²) in [7, 11) is 0. The summed E-state index contributed by atoms with van der Waals surface area (Å²) < 4.78 is 5.21. The van der Waals surface area contributed by atoms with E-state index in [2.05, 4.69) is 6.58 Å². The molecule has 0 aliphatic heterocycles. The molecule has 22 heavy (non-hydrogen) atoms. The molecule has 3 heteroatoms. The number of esters is 1. The van der Waals surface area contributed by atoms with Crippen molar-refractivity contribution in [2.45, 2.75) is 6.92 Å². The van der Waals surface area contributed by atoms with Crippen LogP contribution in [-0.2, 0) is 9.53 Å². The van der Waals surface area contributed by atoms with Gasteiger partial charge in [0.1, 0.15) is 0 Å². The van der Waals surface area contributed by atoms with E-state index in [-0.39, 0.29) is 17.1 Å². The number of rotatable bonds is 5. The molecule has 0 fully saturated rings. The van der Waals surface area contributed by atoms with Crippen LogP contribution in [-0.4, -0.2) is 11.8 Å². The highest BCUT2D eigenvalue weighted by Crippen LogP contribution is 2.15. The Hall–Kier alpha value is -2.94. The van der Waals surface area contributed by atoms with Crippen molar-refractivity contribution in [3.63, 3.8) is 0 Å². The van der Waals surface area contributed by atoms with Gasteiger partial charge in [0.05, 0.1) is 0 Å². The van der Waals surface area contributed by atoms with Gasteiger partial charge in [-0.3, -0.25) is 4.79 Å². The van der Waals surface area contributed by atoms with Gasteiger partial charge in [-0.05, 0) is 18.6 Å². The molecule has 0 amide bonds. The number of carbonyl (C=O) groups excluding carboxylic acids is 2. The molecule has 0 aliphatic carbocycles. The van der Waals surface area contributed by atoms with Gasteiger partial charge in [0, 0.05) is 11.1 Å². The van der Waals surface area contributed by atoms with Crippen molar-refractivity contribution < 1.29 is 14.3 Å². The molecule has 0 saturated heterocycles. The molecule has 0 atom stereocenters. The first-order chi connectivity index (χ1) is 10.6. The first-order valence-electron chi connectivity index (χ1n) is 6.82. The maximum Gasteiger partial charge on any atom is 0.338 e. The monoisotopic (exact) mass is 292 g/mol. The third-order valence-electron chi connectivity index (χ3n) is 2.91. The van der Waals surface area contributed by atoms with Gasteiger partial charge >= 0.3 is 5.97 Å². The summed E-state index contributed by atoms with van der Waals surface area (Å²) in [5.41, 5.74) is 1.47. The highest BCUT2D eigenvalue weighted by Gasteiger charge is 2.17. The third kappa shape index (κ3) is 4.03. The maximum atomic E-state index is 12.5. The van der Waals surface area contributed by atoms with Crippen LogP contribution in [0.25, 0.3) is 6.08 Å². The average Bonchev–Trinajstić information content (AvgIpc) is 2.55. The lowest BCUT2D eigenvalue weighted by molar-refractivity contribution is -0.134. The Kier molecular flexibility index (Phi) is 5.04. The fourth-order valence-electron chi connectivity index (χ4n) is 1.76. The normalized spacial score (nSPS) is 10.9. The van der Waals surface area contributed by atoms with Gasteiger partial charge in [0.15, 0.2) is 5.76 Å². The smallest absolute Gasteiger partial charge is 0.338 e. The van der Waals surface area contributed by atoms with Crippen molar-refractivity contribution in [2.75, 3.05) is 0 Å². The maximum absolute atomic E-state index is 12.5. The Balaban J connectivity index is 2.37. The molecule has 2 rings (SSSR count). The van der Waals surface area contributed by atoms with Crippen LogP contribution in [0.15, 0.2) is 78.6 Å². The van der Waals surface area contributed by atoms with Crippen molar-refractivity contribution in [1.29, 1.82) is 0 Å². The topological polar surface area (TPSA) is 43.4 Å². The van der Waals surface area contributed by atoms with Crippen LogP contribution in [0.5, 0.6) is 0 Å². The Morgan fingerprint density at radius 2 is 1.50 bits per heavy atom. The van der Waals surface area contributed by atoms with Gasteiger partial charge in [0.2, 0.25) is 5.78 Å². The number of ether oxygens (including phenoxy) is 1. The summed E-state index contributed by atoms with van der Waals surface area (Å²) >= 11 is 0. The molecule has 3 nitrogen and oxygen atoms in total. The molecule has 0 N–H and O–H groups in total. The second kappa shape index (κ2) is 7.18.